The molecule has 1 fully saturated rings. The largest absolute Gasteiger partial charge is 0.494 e. The van der Waals surface area contributed by atoms with Crippen LogP contribution in [0, 0.1) is 13.8 Å². The number of thioether (sulfide) groups is 1. The van der Waals surface area contributed by atoms with E-state index < -0.39 is 17.1 Å². The number of hydrogen-bond acceptors (Lipinski definition) is 5. The number of aryl methyl sites for hydroxylation is 2. The summed E-state index contributed by atoms with van der Waals surface area (Å²) in [5.41, 5.74) is 4.65. The normalized spacial score (nSPS) is 14.7. The van der Waals surface area contributed by atoms with Crippen LogP contribution in [0.15, 0.2) is 65.7 Å². The third kappa shape index (κ3) is 5.07. The molecule has 0 radical (unpaired) electrons. The van der Waals surface area contributed by atoms with Gasteiger partial charge in [0, 0.05) is 23.3 Å². The van der Waals surface area contributed by atoms with Crippen molar-refractivity contribution in [1.29, 1.82) is 0 Å². The van der Waals surface area contributed by atoms with Crippen molar-refractivity contribution in [3.8, 4) is 11.4 Å². The molecule has 174 valence electrons. The van der Waals surface area contributed by atoms with Gasteiger partial charge in [-0.1, -0.05) is 6.07 Å². The zero-order chi connectivity index (χ0) is 24.2. The van der Waals surface area contributed by atoms with Crippen molar-refractivity contribution in [3.63, 3.8) is 0 Å². The predicted molar refractivity (Wildman–Crippen MR) is 134 cm³/mol. The average molecular weight is 476 g/mol. The van der Waals surface area contributed by atoms with Gasteiger partial charge in [-0.15, -0.1) is 0 Å². The van der Waals surface area contributed by atoms with Crippen molar-refractivity contribution in [2.45, 2.75) is 20.8 Å². The van der Waals surface area contributed by atoms with E-state index in [0.29, 0.717) is 18.0 Å². The quantitative estimate of drug-likeness (QED) is 0.477. The van der Waals surface area contributed by atoms with Gasteiger partial charge in [-0.25, -0.2) is 0 Å². The van der Waals surface area contributed by atoms with Crippen molar-refractivity contribution in [1.82, 2.24) is 9.47 Å². The van der Waals surface area contributed by atoms with Gasteiger partial charge in [-0.2, -0.15) is 0 Å². The third-order valence-electron chi connectivity index (χ3n) is 5.45. The second-order valence-corrected chi connectivity index (χ2v) is 8.84. The summed E-state index contributed by atoms with van der Waals surface area (Å²) >= 11 is 0.834. The number of benzene rings is 2. The number of amides is 3. The fraction of sp³-hybridized carbons (Fsp3) is 0.192. The first-order valence-corrected chi connectivity index (χ1v) is 11.7. The molecule has 34 heavy (non-hydrogen) atoms. The molecule has 2 heterocycles. The molecule has 1 aliphatic heterocycles. The minimum Gasteiger partial charge on any atom is -0.494 e. The summed E-state index contributed by atoms with van der Waals surface area (Å²) in [5.74, 6) is -0.238. The Morgan fingerprint density at radius 1 is 1.06 bits per heavy atom. The maximum absolute atomic E-state index is 12.9. The van der Waals surface area contributed by atoms with Crippen LogP contribution < -0.4 is 10.1 Å². The van der Waals surface area contributed by atoms with E-state index in [4.69, 9.17) is 4.74 Å². The number of carbonyl (C=O) groups excluding carboxylic acids is 3. The molecule has 1 N–H and O–H groups in total. The second-order valence-electron chi connectivity index (χ2n) is 7.85. The van der Waals surface area contributed by atoms with E-state index in [1.165, 1.54) is 5.56 Å². The molecule has 0 aliphatic carbocycles. The molecule has 0 bridgehead atoms. The van der Waals surface area contributed by atoms with E-state index in [1.807, 2.05) is 48.9 Å². The number of nitrogens with one attached hydrogen (secondary N) is 1. The van der Waals surface area contributed by atoms with Gasteiger partial charge in [0.1, 0.15) is 12.3 Å². The van der Waals surface area contributed by atoms with Crippen LogP contribution in [0.2, 0.25) is 0 Å². The minimum atomic E-state index is -0.482. The van der Waals surface area contributed by atoms with Crippen molar-refractivity contribution in [2.75, 3.05) is 18.5 Å². The first kappa shape index (κ1) is 23.4. The summed E-state index contributed by atoms with van der Waals surface area (Å²) in [6.07, 6.45) is 3.59. The molecule has 8 heteroatoms. The van der Waals surface area contributed by atoms with Gasteiger partial charge >= 0.3 is 0 Å². The highest BCUT2D eigenvalue weighted by molar-refractivity contribution is 8.18. The number of nitrogens with zero attached hydrogens (tertiary/aromatic N) is 2. The van der Waals surface area contributed by atoms with Crippen LogP contribution in [0.5, 0.6) is 5.75 Å². The van der Waals surface area contributed by atoms with Crippen LogP contribution in [0.4, 0.5) is 10.5 Å². The molecule has 0 saturated carbocycles. The number of ether oxygens (including phenoxy) is 1. The summed E-state index contributed by atoms with van der Waals surface area (Å²) < 4.78 is 7.34. The Balaban J connectivity index is 1.46. The molecule has 1 aromatic heterocycles. The number of aromatic nitrogens is 1. The van der Waals surface area contributed by atoms with Gasteiger partial charge in [0.2, 0.25) is 5.91 Å². The molecule has 0 spiro atoms. The lowest BCUT2D eigenvalue weighted by atomic mass is 10.1. The van der Waals surface area contributed by atoms with Crippen LogP contribution in [0.3, 0.4) is 0 Å². The first-order valence-electron chi connectivity index (χ1n) is 10.9. The lowest BCUT2D eigenvalue weighted by Gasteiger charge is -2.13. The Kier molecular flexibility index (Phi) is 6.88. The number of hydrogen-bond donors (Lipinski definition) is 1. The highest BCUT2D eigenvalue weighted by atomic mass is 32.2. The fourth-order valence-electron chi connectivity index (χ4n) is 3.54. The monoisotopic (exact) mass is 475 g/mol. The Hall–Kier alpha value is -3.78. The lowest BCUT2D eigenvalue weighted by Crippen LogP contribution is -2.36. The highest BCUT2D eigenvalue weighted by Gasteiger charge is 2.36. The SMILES string of the molecule is CCOc1ccc(NC(=O)CN2C(=O)S/C(=C\c3cccn3-c3ccc(C)c(C)c3)C2=O)cc1. The van der Waals surface area contributed by atoms with Crippen LogP contribution in [0.25, 0.3) is 11.8 Å². The van der Waals surface area contributed by atoms with E-state index in [1.54, 1.807) is 30.3 Å². The van der Waals surface area contributed by atoms with Gasteiger partial charge in [-0.3, -0.25) is 19.3 Å². The first-order chi connectivity index (χ1) is 16.4. The zero-order valence-corrected chi connectivity index (χ0v) is 20.0. The molecule has 3 amide bonds. The summed E-state index contributed by atoms with van der Waals surface area (Å²) in [4.78, 5) is 39.1. The van der Waals surface area contributed by atoms with Crippen molar-refractivity contribution < 1.29 is 19.1 Å². The van der Waals surface area contributed by atoms with E-state index in [2.05, 4.69) is 18.3 Å². The molecule has 1 saturated heterocycles. The Labute approximate surface area is 202 Å². The number of rotatable bonds is 7. The average Bonchev–Trinajstić information content (AvgIpc) is 3.37. The van der Waals surface area contributed by atoms with Gasteiger partial charge in [0.05, 0.1) is 11.5 Å². The summed E-state index contributed by atoms with van der Waals surface area (Å²) in [6.45, 7) is 6.19. The molecule has 1 aliphatic rings. The Morgan fingerprint density at radius 2 is 1.82 bits per heavy atom. The fourth-order valence-corrected chi connectivity index (χ4v) is 4.36. The van der Waals surface area contributed by atoms with Crippen molar-refractivity contribution in [3.05, 3.63) is 82.5 Å². The predicted octanol–water partition coefficient (Wildman–Crippen LogP) is 5.17. The highest BCUT2D eigenvalue weighted by Crippen LogP contribution is 2.32. The molecular formula is C26H25N3O4S. The number of carbonyl (C=O) groups is 3. The molecule has 3 aromatic rings. The Morgan fingerprint density at radius 3 is 2.53 bits per heavy atom. The van der Waals surface area contributed by atoms with Crippen LogP contribution in [0.1, 0.15) is 23.7 Å². The van der Waals surface area contributed by atoms with Gasteiger partial charge in [-0.05, 0) is 98.3 Å². The van der Waals surface area contributed by atoms with Gasteiger partial charge in [0.15, 0.2) is 0 Å². The number of imide groups is 1. The molecule has 4 rings (SSSR count). The molecule has 0 atom stereocenters. The third-order valence-corrected chi connectivity index (χ3v) is 6.36. The van der Waals surface area contributed by atoms with E-state index in [0.717, 1.165) is 33.6 Å². The van der Waals surface area contributed by atoms with Gasteiger partial charge in [0.25, 0.3) is 11.1 Å². The van der Waals surface area contributed by atoms with E-state index >= 15 is 0 Å². The summed E-state index contributed by atoms with van der Waals surface area (Å²) in [6, 6.07) is 16.8. The van der Waals surface area contributed by atoms with E-state index in [9.17, 15) is 14.4 Å². The van der Waals surface area contributed by atoms with Crippen LogP contribution >= 0.6 is 11.8 Å². The molecular weight excluding hydrogens is 450 g/mol. The van der Waals surface area contributed by atoms with Crippen LogP contribution in [-0.2, 0) is 9.59 Å². The minimum absolute atomic E-state index is 0.280. The standard InChI is InChI=1S/C26H25N3O4S/c1-4-33-22-11-8-19(9-12-22)27-24(30)16-29-25(31)23(34-26(29)32)15-20-6-5-13-28(20)21-10-7-17(2)18(3)14-21/h5-15H,4,16H2,1-3H3,(H,27,30)/b23-15-. The molecule has 7 nitrogen and oxygen atoms in total. The maximum Gasteiger partial charge on any atom is 0.294 e. The van der Waals surface area contributed by atoms with Crippen molar-refractivity contribution in [2.24, 2.45) is 0 Å². The second kappa shape index (κ2) is 10.0. The van der Waals surface area contributed by atoms with Crippen molar-refractivity contribution >= 4 is 40.6 Å². The molecule has 0 unspecified atom stereocenters. The maximum atomic E-state index is 12.9. The number of anilines is 1. The van der Waals surface area contributed by atoms with Crippen LogP contribution in [-0.4, -0.2) is 39.7 Å². The Bertz CT molecular complexity index is 1280. The topological polar surface area (TPSA) is 80.6 Å². The smallest absolute Gasteiger partial charge is 0.294 e. The zero-order valence-electron chi connectivity index (χ0n) is 19.2. The summed E-state index contributed by atoms with van der Waals surface area (Å²) in [7, 11) is 0. The molecule has 2 aromatic carbocycles. The lowest BCUT2D eigenvalue weighted by molar-refractivity contribution is -0.127. The van der Waals surface area contributed by atoms with Gasteiger partial charge < -0.3 is 14.6 Å². The van der Waals surface area contributed by atoms with E-state index in [-0.39, 0.29) is 11.4 Å². The summed E-state index contributed by atoms with van der Waals surface area (Å²) in [5, 5.41) is 2.24.